The van der Waals surface area contributed by atoms with Crippen LogP contribution in [0.4, 0.5) is 0 Å². The molecule has 0 fully saturated rings. The van der Waals surface area contributed by atoms with E-state index in [1.165, 1.54) is 5.56 Å². The zero-order chi connectivity index (χ0) is 11.5. The van der Waals surface area contributed by atoms with Crippen molar-refractivity contribution in [1.29, 1.82) is 0 Å². The summed E-state index contributed by atoms with van der Waals surface area (Å²) in [5, 5.41) is 0. The van der Waals surface area contributed by atoms with Crippen molar-refractivity contribution in [1.82, 2.24) is 14.9 Å². The van der Waals surface area contributed by atoms with E-state index in [0.717, 1.165) is 29.9 Å². The average molecular weight is 237 g/mol. The SMILES string of the molecule is CN(CCS)Cc1ccc2[nH]c(=O)[nH]c2c1. The van der Waals surface area contributed by atoms with Crippen LogP contribution in [0.3, 0.4) is 0 Å². The van der Waals surface area contributed by atoms with Gasteiger partial charge in [-0.1, -0.05) is 6.07 Å². The van der Waals surface area contributed by atoms with E-state index in [9.17, 15) is 4.79 Å². The molecule has 2 rings (SSSR count). The Morgan fingerprint density at radius 3 is 2.81 bits per heavy atom. The third-order valence-electron chi connectivity index (χ3n) is 2.51. The van der Waals surface area contributed by atoms with E-state index in [4.69, 9.17) is 0 Å². The quantitative estimate of drug-likeness (QED) is 0.700. The van der Waals surface area contributed by atoms with E-state index in [-0.39, 0.29) is 5.69 Å². The first-order chi connectivity index (χ1) is 7.69. The number of thiol groups is 1. The maximum absolute atomic E-state index is 11.1. The number of nitrogens with one attached hydrogen (secondary N) is 2. The van der Waals surface area contributed by atoms with Gasteiger partial charge in [0.05, 0.1) is 11.0 Å². The fourth-order valence-electron chi connectivity index (χ4n) is 1.74. The van der Waals surface area contributed by atoms with Gasteiger partial charge in [0.25, 0.3) is 0 Å². The Balaban J connectivity index is 2.22. The van der Waals surface area contributed by atoms with E-state index in [1.807, 2.05) is 18.2 Å². The molecule has 2 aromatic rings. The summed E-state index contributed by atoms with van der Waals surface area (Å²) in [5.41, 5.74) is 2.75. The molecule has 5 heteroatoms. The molecule has 0 atom stereocenters. The van der Waals surface area contributed by atoms with Crippen LogP contribution in [-0.2, 0) is 6.54 Å². The minimum Gasteiger partial charge on any atom is -0.306 e. The number of imidazole rings is 1. The number of benzene rings is 1. The van der Waals surface area contributed by atoms with Crippen molar-refractivity contribution >= 4 is 23.7 Å². The Kier molecular flexibility index (Phi) is 3.36. The number of rotatable bonds is 4. The number of aromatic amines is 2. The van der Waals surface area contributed by atoms with Crippen LogP contribution < -0.4 is 5.69 Å². The lowest BCUT2D eigenvalue weighted by Crippen LogP contribution is -2.19. The molecule has 0 aliphatic carbocycles. The third kappa shape index (κ3) is 2.48. The summed E-state index contributed by atoms with van der Waals surface area (Å²) in [4.78, 5) is 18.8. The number of aromatic nitrogens is 2. The fraction of sp³-hybridized carbons (Fsp3) is 0.364. The summed E-state index contributed by atoms with van der Waals surface area (Å²) in [7, 11) is 2.06. The molecule has 0 saturated carbocycles. The summed E-state index contributed by atoms with van der Waals surface area (Å²) >= 11 is 4.19. The third-order valence-corrected chi connectivity index (χ3v) is 2.71. The summed E-state index contributed by atoms with van der Waals surface area (Å²) in [5.74, 6) is 0.847. The lowest BCUT2D eigenvalue weighted by atomic mass is 10.2. The molecule has 1 aromatic heterocycles. The van der Waals surface area contributed by atoms with Gasteiger partial charge in [-0.3, -0.25) is 0 Å². The number of hydrogen-bond donors (Lipinski definition) is 3. The zero-order valence-electron chi connectivity index (χ0n) is 9.16. The summed E-state index contributed by atoms with van der Waals surface area (Å²) in [6, 6.07) is 5.96. The Morgan fingerprint density at radius 1 is 1.31 bits per heavy atom. The second kappa shape index (κ2) is 4.76. The van der Waals surface area contributed by atoms with E-state index in [2.05, 4.69) is 34.5 Å². The van der Waals surface area contributed by atoms with Gasteiger partial charge in [-0.15, -0.1) is 0 Å². The predicted molar refractivity (Wildman–Crippen MR) is 69.1 cm³/mol. The molecule has 16 heavy (non-hydrogen) atoms. The van der Waals surface area contributed by atoms with Crippen molar-refractivity contribution in [3.8, 4) is 0 Å². The van der Waals surface area contributed by atoms with Gasteiger partial charge in [-0.25, -0.2) is 4.79 Å². The highest BCUT2D eigenvalue weighted by atomic mass is 32.1. The van der Waals surface area contributed by atoms with Crippen LogP contribution in [0, 0.1) is 0 Å². The van der Waals surface area contributed by atoms with Gasteiger partial charge in [-0.2, -0.15) is 12.6 Å². The molecule has 0 unspecified atom stereocenters. The number of hydrogen-bond acceptors (Lipinski definition) is 3. The fourth-order valence-corrected chi connectivity index (χ4v) is 2.08. The van der Waals surface area contributed by atoms with Crippen LogP contribution in [0.5, 0.6) is 0 Å². The van der Waals surface area contributed by atoms with E-state index in [1.54, 1.807) is 0 Å². The van der Waals surface area contributed by atoms with Crippen LogP contribution in [0.2, 0.25) is 0 Å². The summed E-state index contributed by atoms with van der Waals surface area (Å²) in [6.45, 7) is 1.81. The molecule has 1 heterocycles. The molecule has 0 amide bonds. The van der Waals surface area contributed by atoms with Crippen LogP contribution >= 0.6 is 12.6 Å². The van der Waals surface area contributed by atoms with Gasteiger partial charge in [0, 0.05) is 18.8 Å². The second-order valence-electron chi connectivity index (χ2n) is 3.92. The normalized spacial score (nSPS) is 11.4. The van der Waals surface area contributed by atoms with Crippen molar-refractivity contribution in [2.75, 3.05) is 19.3 Å². The Bertz CT molecular complexity index is 531. The summed E-state index contributed by atoms with van der Waals surface area (Å²) < 4.78 is 0. The maximum atomic E-state index is 11.1. The van der Waals surface area contributed by atoms with Gasteiger partial charge in [0.2, 0.25) is 0 Å². The lowest BCUT2D eigenvalue weighted by molar-refractivity contribution is 0.349. The highest BCUT2D eigenvalue weighted by Crippen LogP contribution is 2.11. The van der Waals surface area contributed by atoms with Crippen molar-refractivity contribution in [3.05, 3.63) is 34.2 Å². The van der Waals surface area contributed by atoms with Gasteiger partial charge in [0.1, 0.15) is 0 Å². The highest BCUT2D eigenvalue weighted by Gasteiger charge is 2.02. The van der Waals surface area contributed by atoms with Crippen molar-refractivity contribution in [2.24, 2.45) is 0 Å². The number of H-pyrrole nitrogens is 2. The molecular formula is C11H15N3OS. The molecule has 0 radical (unpaired) electrons. The maximum Gasteiger partial charge on any atom is 0.323 e. The zero-order valence-corrected chi connectivity index (χ0v) is 10.1. The molecule has 0 bridgehead atoms. The predicted octanol–water partition coefficient (Wildman–Crippen LogP) is 1.22. The summed E-state index contributed by atoms with van der Waals surface area (Å²) in [6.07, 6.45) is 0. The van der Waals surface area contributed by atoms with E-state index in [0.29, 0.717) is 0 Å². The van der Waals surface area contributed by atoms with Crippen molar-refractivity contribution in [3.63, 3.8) is 0 Å². The average Bonchev–Trinajstić information content (AvgIpc) is 2.57. The van der Waals surface area contributed by atoms with Gasteiger partial charge in [-0.05, 0) is 24.7 Å². The Labute approximate surface area is 99.1 Å². The molecule has 0 aliphatic heterocycles. The highest BCUT2D eigenvalue weighted by molar-refractivity contribution is 7.80. The molecule has 86 valence electrons. The number of nitrogens with zero attached hydrogens (tertiary/aromatic N) is 1. The van der Waals surface area contributed by atoms with E-state index >= 15 is 0 Å². The standard InChI is InChI=1S/C11H15N3OS/c1-14(4-5-16)7-8-2-3-9-10(6-8)13-11(15)12-9/h2-3,6,16H,4-5,7H2,1H3,(H2,12,13,15). The molecule has 0 spiro atoms. The molecule has 2 N–H and O–H groups in total. The first kappa shape index (κ1) is 11.3. The van der Waals surface area contributed by atoms with Gasteiger partial charge >= 0.3 is 5.69 Å². The van der Waals surface area contributed by atoms with Crippen molar-refractivity contribution in [2.45, 2.75) is 6.54 Å². The van der Waals surface area contributed by atoms with Crippen LogP contribution in [0.15, 0.2) is 23.0 Å². The number of fused-ring (bicyclic) bond motifs is 1. The van der Waals surface area contributed by atoms with Crippen molar-refractivity contribution < 1.29 is 0 Å². The Morgan fingerprint density at radius 2 is 2.06 bits per heavy atom. The lowest BCUT2D eigenvalue weighted by Gasteiger charge is -2.14. The van der Waals surface area contributed by atoms with Gasteiger partial charge in [0.15, 0.2) is 0 Å². The molecular weight excluding hydrogens is 222 g/mol. The smallest absolute Gasteiger partial charge is 0.306 e. The molecule has 0 saturated heterocycles. The first-order valence-electron chi connectivity index (χ1n) is 5.19. The monoisotopic (exact) mass is 237 g/mol. The van der Waals surface area contributed by atoms with Crippen LogP contribution in [0.25, 0.3) is 11.0 Å². The van der Waals surface area contributed by atoms with Gasteiger partial charge < -0.3 is 14.9 Å². The van der Waals surface area contributed by atoms with E-state index < -0.39 is 0 Å². The molecule has 4 nitrogen and oxygen atoms in total. The topological polar surface area (TPSA) is 51.9 Å². The van der Waals surface area contributed by atoms with Crippen LogP contribution in [0.1, 0.15) is 5.56 Å². The first-order valence-corrected chi connectivity index (χ1v) is 5.82. The minimum atomic E-state index is -0.157. The second-order valence-corrected chi connectivity index (χ2v) is 4.37. The molecule has 0 aliphatic rings. The Hall–Kier alpha value is -1.20. The minimum absolute atomic E-state index is 0.157. The largest absolute Gasteiger partial charge is 0.323 e. The molecule has 1 aromatic carbocycles. The van der Waals surface area contributed by atoms with Crippen LogP contribution in [-0.4, -0.2) is 34.2 Å².